The Morgan fingerprint density at radius 3 is 1.92 bits per heavy atom. The average Bonchev–Trinajstić information content (AvgIpc) is 2.64. The maximum atomic E-state index is 13.3. The number of methoxy groups -OCH3 is 3. The zero-order valence-electron chi connectivity index (χ0n) is 16.0. The average molecular weight is 375 g/mol. The Balaban J connectivity index is 2.67. The summed E-state index contributed by atoms with van der Waals surface area (Å²) in [6.45, 7) is 5.67. The summed E-state index contributed by atoms with van der Waals surface area (Å²) in [7, 11) is 2.71. The lowest BCUT2D eigenvalue weighted by Crippen LogP contribution is -2.21. The van der Waals surface area contributed by atoms with Gasteiger partial charge in [0.2, 0.25) is 11.1 Å². The lowest BCUT2D eigenvalue weighted by Gasteiger charge is -2.15. The van der Waals surface area contributed by atoms with Gasteiger partial charge in [-0.05, 0) is 32.9 Å². The van der Waals surface area contributed by atoms with E-state index < -0.39 is 13.0 Å². The van der Waals surface area contributed by atoms with E-state index in [0.717, 1.165) is 0 Å². The summed E-state index contributed by atoms with van der Waals surface area (Å²) >= 11 is 0. The summed E-state index contributed by atoms with van der Waals surface area (Å²) in [5.74, 6) is 0.896. The molecule has 5 nitrogen and oxygen atoms in total. The highest BCUT2D eigenvalue weighted by atomic mass is 31.1. The fraction of sp³-hybridized carbons (Fsp3) is 0.350. The Kier molecular flexibility index (Phi) is 6.04. The van der Waals surface area contributed by atoms with Crippen molar-refractivity contribution in [1.82, 2.24) is 0 Å². The van der Waals surface area contributed by atoms with Crippen molar-refractivity contribution >= 4 is 18.9 Å². The topological polar surface area (TPSA) is 61.8 Å². The number of ether oxygens (including phenoxy) is 3. The summed E-state index contributed by atoms with van der Waals surface area (Å²) in [6.07, 6.45) is 0. The Morgan fingerprint density at radius 1 is 0.923 bits per heavy atom. The van der Waals surface area contributed by atoms with Crippen LogP contribution in [0, 0.1) is 0 Å². The molecule has 0 aromatic heterocycles. The van der Waals surface area contributed by atoms with Crippen LogP contribution in [-0.4, -0.2) is 32.3 Å². The standard InChI is InChI=1S/C20H24O5P/c1-20(2,3)26(22)17-10-8-7-9-14(17)19(21)18-15(24-5)11-13(23-4)12-16(18)25-6/h7-12H,1-6H3/q+1. The molecule has 0 saturated carbocycles. The molecule has 0 saturated heterocycles. The van der Waals surface area contributed by atoms with Gasteiger partial charge >= 0.3 is 7.80 Å². The number of rotatable bonds is 6. The maximum absolute atomic E-state index is 13.3. The van der Waals surface area contributed by atoms with Gasteiger partial charge in [-0.15, -0.1) is 0 Å². The summed E-state index contributed by atoms with van der Waals surface area (Å²) in [5.41, 5.74) is 0.658. The second kappa shape index (κ2) is 7.88. The number of carbonyl (C=O) groups is 1. The summed E-state index contributed by atoms with van der Waals surface area (Å²) in [4.78, 5) is 13.3. The van der Waals surface area contributed by atoms with Crippen LogP contribution >= 0.6 is 7.80 Å². The number of ketones is 1. The first kappa shape index (κ1) is 19.9. The van der Waals surface area contributed by atoms with Crippen LogP contribution in [0.5, 0.6) is 17.2 Å². The molecule has 0 aliphatic rings. The molecule has 0 fully saturated rings. The van der Waals surface area contributed by atoms with Crippen molar-refractivity contribution in [3.63, 3.8) is 0 Å². The molecule has 138 valence electrons. The smallest absolute Gasteiger partial charge is 0.383 e. The van der Waals surface area contributed by atoms with Gasteiger partial charge in [-0.25, -0.2) is 0 Å². The molecular weight excluding hydrogens is 351 g/mol. The number of hydrogen-bond acceptors (Lipinski definition) is 5. The van der Waals surface area contributed by atoms with Gasteiger partial charge in [-0.1, -0.05) is 16.7 Å². The highest BCUT2D eigenvalue weighted by Crippen LogP contribution is 2.40. The van der Waals surface area contributed by atoms with E-state index in [9.17, 15) is 9.36 Å². The summed E-state index contributed by atoms with van der Waals surface area (Å²) in [6, 6.07) is 10.2. The Hall–Kier alpha value is -2.39. The highest BCUT2D eigenvalue weighted by Gasteiger charge is 2.40. The molecule has 0 bridgehead atoms. The zero-order valence-corrected chi connectivity index (χ0v) is 16.8. The lowest BCUT2D eigenvalue weighted by molar-refractivity contribution is 0.103. The van der Waals surface area contributed by atoms with Gasteiger partial charge in [0.25, 0.3) is 0 Å². The van der Waals surface area contributed by atoms with Crippen LogP contribution in [0.1, 0.15) is 36.7 Å². The van der Waals surface area contributed by atoms with Crippen molar-refractivity contribution in [1.29, 1.82) is 0 Å². The van der Waals surface area contributed by atoms with E-state index in [1.165, 1.54) is 21.3 Å². The number of carbonyl (C=O) groups excluding carboxylic acids is 1. The summed E-state index contributed by atoms with van der Waals surface area (Å²) < 4.78 is 28.9. The maximum Gasteiger partial charge on any atom is 0.383 e. The van der Waals surface area contributed by atoms with Gasteiger partial charge < -0.3 is 14.2 Å². The lowest BCUT2D eigenvalue weighted by atomic mass is 10.0. The monoisotopic (exact) mass is 375 g/mol. The van der Waals surface area contributed by atoms with E-state index in [4.69, 9.17) is 14.2 Å². The van der Waals surface area contributed by atoms with Crippen LogP contribution < -0.4 is 19.5 Å². The van der Waals surface area contributed by atoms with Gasteiger partial charge in [0.05, 0.1) is 26.9 Å². The van der Waals surface area contributed by atoms with Gasteiger partial charge in [0.15, 0.2) is 5.16 Å². The van der Waals surface area contributed by atoms with E-state index in [2.05, 4.69) is 0 Å². The van der Waals surface area contributed by atoms with Crippen molar-refractivity contribution in [2.45, 2.75) is 25.9 Å². The molecule has 0 aliphatic carbocycles. The minimum atomic E-state index is -1.77. The predicted octanol–water partition coefficient (Wildman–Crippen LogP) is 4.19. The third-order valence-corrected chi connectivity index (χ3v) is 5.96. The zero-order chi connectivity index (χ0) is 19.5. The molecular formula is C20H24O5P+. The minimum absolute atomic E-state index is 0.278. The van der Waals surface area contributed by atoms with Crippen molar-refractivity contribution in [3.05, 3.63) is 47.5 Å². The van der Waals surface area contributed by atoms with E-state index in [0.29, 0.717) is 28.1 Å². The van der Waals surface area contributed by atoms with Crippen LogP contribution in [0.2, 0.25) is 0 Å². The normalized spacial score (nSPS) is 11.7. The molecule has 0 radical (unpaired) electrons. The number of hydrogen-bond donors (Lipinski definition) is 0. The van der Waals surface area contributed by atoms with Crippen molar-refractivity contribution in [3.8, 4) is 17.2 Å². The summed E-state index contributed by atoms with van der Waals surface area (Å²) in [5, 5.41) is 0.0692. The number of benzene rings is 2. The first-order chi connectivity index (χ1) is 12.2. The van der Waals surface area contributed by atoms with E-state index in [1.54, 1.807) is 36.4 Å². The molecule has 0 aliphatic heterocycles. The molecule has 0 heterocycles. The molecule has 26 heavy (non-hydrogen) atoms. The quantitative estimate of drug-likeness (QED) is 0.559. The van der Waals surface area contributed by atoms with Gasteiger partial charge in [-0.3, -0.25) is 4.79 Å². The van der Waals surface area contributed by atoms with Crippen LogP contribution in [0.3, 0.4) is 0 Å². The molecule has 0 spiro atoms. The van der Waals surface area contributed by atoms with Crippen molar-refractivity contribution < 1.29 is 23.6 Å². The van der Waals surface area contributed by atoms with E-state index >= 15 is 0 Å². The predicted molar refractivity (Wildman–Crippen MR) is 103 cm³/mol. The van der Waals surface area contributed by atoms with Crippen LogP contribution in [0.25, 0.3) is 0 Å². The van der Waals surface area contributed by atoms with E-state index in [1.807, 2.05) is 20.8 Å². The molecule has 2 aromatic carbocycles. The molecule has 1 atom stereocenters. The Morgan fingerprint density at radius 2 is 1.46 bits per heavy atom. The molecule has 6 heteroatoms. The molecule has 2 aromatic rings. The van der Waals surface area contributed by atoms with Crippen LogP contribution in [0.4, 0.5) is 0 Å². The third kappa shape index (κ3) is 3.88. The Labute approximate surface area is 155 Å². The van der Waals surface area contributed by atoms with Crippen molar-refractivity contribution in [2.75, 3.05) is 21.3 Å². The fourth-order valence-corrected chi connectivity index (χ4v) is 3.91. The Bertz CT molecular complexity index is 811. The first-order valence-corrected chi connectivity index (χ1v) is 9.41. The molecule has 2 rings (SSSR count). The highest BCUT2D eigenvalue weighted by molar-refractivity contribution is 7.55. The molecule has 1 unspecified atom stereocenters. The van der Waals surface area contributed by atoms with Gasteiger partial charge in [-0.2, -0.15) is 0 Å². The second-order valence-corrected chi connectivity index (χ2v) is 9.13. The van der Waals surface area contributed by atoms with E-state index in [-0.39, 0.29) is 11.3 Å². The van der Waals surface area contributed by atoms with Gasteiger partial charge in [0, 0.05) is 12.1 Å². The minimum Gasteiger partial charge on any atom is -0.496 e. The first-order valence-electron chi connectivity index (χ1n) is 8.15. The third-order valence-electron chi connectivity index (χ3n) is 3.92. The second-order valence-electron chi connectivity index (χ2n) is 6.72. The van der Waals surface area contributed by atoms with Crippen molar-refractivity contribution in [2.24, 2.45) is 0 Å². The van der Waals surface area contributed by atoms with Gasteiger partial charge in [0.1, 0.15) is 22.8 Å². The molecule has 0 amide bonds. The largest absolute Gasteiger partial charge is 0.496 e. The molecule has 0 N–H and O–H groups in total. The van der Waals surface area contributed by atoms with Crippen LogP contribution in [-0.2, 0) is 4.57 Å². The van der Waals surface area contributed by atoms with Crippen LogP contribution in [0.15, 0.2) is 36.4 Å². The SMILES string of the molecule is COc1cc(OC)c(C(=O)c2ccccc2[P+](=O)C(C)(C)C)c(OC)c1. The fourth-order valence-electron chi connectivity index (χ4n) is 2.57.